The van der Waals surface area contributed by atoms with Crippen LogP contribution in [0.25, 0.3) is 10.2 Å². The van der Waals surface area contributed by atoms with Gasteiger partial charge in [0.15, 0.2) is 5.13 Å². The molecule has 2 aromatic rings. The van der Waals surface area contributed by atoms with E-state index in [9.17, 15) is 4.79 Å². The van der Waals surface area contributed by atoms with Crippen molar-refractivity contribution < 1.29 is 9.90 Å². The molecule has 1 aromatic heterocycles. The fourth-order valence-corrected chi connectivity index (χ4v) is 3.08. The van der Waals surface area contributed by atoms with Crippen LogP contribution in [0.3, 0.4) is 0 Å². The van der Waals surface area contributed by atoms with Crippen molar-refractivity contribution in [3.8, 4) is 0 Å². The summed E-state index contributed by atoms with van der Waals surface area (Å²) < 4.78 is 1.18. The fourth-order valence-electron chi connectivity index (χ4n) is 2.10. The van der Waals surface area contributed by atoms with Crippen LogP contribution < -0.4 is 4.90 Å². The van der Waals surface area contributed by atoms with Gasteiger partial charge in [0.05, 0.1) is 16.6 Å². The molecule has 0 radical (unpaired) electrons. The van der Waals surface area contributed by atoms with Gasteiger partial charge in [0, 0.05) is 19.0 Å². The van der Waals surface area contributed by atoms with Crippen LogP contribution in [0.5, 0.6) is 0 Å². The first kappa shape index (κ1) is 10.5. The Morgan fingerprint density at radius 2 is 2.24 bits per heavy atom. The fraction of sp³-hybridized carbons (Fsp3) is 0.333. The van der Waals surface area contributed by atoms with Crippen LogP contribution in [0.15, 0.2) is 24.3 Å². The number of aromatic nitrogens is 1. The zero-order valence-corrected chi connectivity index (χ0v) is 9.98. The molecular formula is C12H12N2O2S. The molecule has 4 nitrogen and oxygen atoms in total. The number of benzene rings is 1. The highest BCUT2D eigenvalue weighted by Gasteiger charge is 2.30. The van der Waals surface area contributed by atoms with E-state index in [1.165, 1.54) is 4.70 Å². The molecule has 17 heavy (non-hydrogen) atoms. The number of carboxylic acids is 1. The predicted molar refractivity (Wildman–Crippen MR) is 67.6 cm³/mol. The molecule has 0 unspecified atom stereocenters. The summed E-state index contributed by atoms with van der Waals surface area (Å²) in [6.45, 7) is 1.62. The molecule has 1 aromatic carbocycles. The molecule has 0 spiro atoms. The van der Waals surface area contributed by atoms with Gasteiger partial charge in [0.2, 0.25) is 0 Å². The third-order valence-corrected chi connectivity index (χ3v) is 4.07. The van der Waals surface area contributed by atoms with Crippen molar-refractivity contribution in [1.82, 2.24) is 4.98 Å². The Bertz CT molecular complexity index is 527. The van der Waals surface area contributed by atoms with Crippen LogP contribution in [0.1, 0.15) is 6.42 Å². The zero-order valence-electron chi connectivity index (χ0n) is 9.17. The van der Waals surface area contributed by atoms with Gasteiger partial charge in [-0.25, -0.2) is 4.98 Å². The maximum atomic E-state index is 10.6. The van der Waals surface area contributed by atoms with Gasteiger partial charge in [-0.2, -0.15) is 0 Å². The number of nitrogens with zero attached hydrogens (tertiary/aromatic N) is 2. The van der Waals surface area contributed by atoms with Crippen LogP contribution in [0.2, 0.25) is 0 Å². The van der Waals surface area contributed by atoms with E-state index >= 15 is 0 Å². The lowest BCUT2D eigenvalue weighted by Gasteiger charge is -2.38. The minimum atomic E-state index is -0.709. The minimum Gasteiger partial charge on any atom is -0.481 e. The van der Waals surface area contributed by atoms with E-state index in [1.807, 2.05) is 18.2 Å². The summed E-state index contributed by atoms with van der Waals surface area (Å²) in [5.74, 6) is -0.432. The van der Waals surface area contributed by atoms with Crippen molar-refractivity contribution in [2.45, 2.75) is 6.42 Å². The summed E-state index contributed by atoms with van der Waals surface area (Å²) in [5, 5.41) is 9.70. The molecule has 5 heteroatoms. The molecule has 3 rings (SSSR count). The van der Waals surface area contributed by atoms with Crippen molar-refractivity contribution >= 4 is 32.7 Å². The number of para-hydroxylation sites is 1. The van der Waals surface area contributed by atoms with Crippen LogP contribution in [0, 0.1) is 5.92 Å². The van der Waals surface area contributed by atoms with E-state index < -0.39 is 5.97 Å². The molecule has 0 bridgehead atoms. The normalized spacial score (nSPS) is 16.1. The molecule has 1 fully saturated rings. The Kier molecular flexibility index (Phi) is 2.48. The first-order chi connectivity index (χ1) is 8.22. The van der Waals surface area contributed by atoms with E-state index in [0.29, 0.717) is 0 Å². The molecule has 0 atom stereocenters. The maximum Gasteiger partial charge on any atom is 0.303 e. The monoisotopic (exact) mass is 248 g/mol. The summed E-state index contributed by atoms with van der Waals surface area (Å²) in [7, 11) is 0. The molecule has 0 aliphatic carbocycles. The molecule has 88 valence electrons. The second-order valence-electron chi connectivity index (χ2n) is 4.33. The number of thiazole rings is 1. The van der Waals surface area contributed by atoms with Gasteiger partial charge in [-0.05, 0) is 12.1 Å². The number of aliphatic carboxylic acids is 1. The standard InChI is InChI=1S/C12H12N2O2S/c15-11(16)5-8-6-14(7-8)12-13-9-3-1-2-4-10(9)17-12/h1-4,8H,5-7H2,(H,15,16). The second kappa shape index (κ2) is 4.00. The van der Waals surface area contributed by atoms with E-state index in [4.69, 9.17) is 5.11 Å². The predicted octanol–water partition coefficient (Wildman–Crippen LogP) is 2.21. The van der Waals surface area contributed by atoms with Gasteiger partial charge in [0.25, 0.3) is 0 Å². The highest BCUT2D eigenvalue weighted by atomic mass is 32.1. The van der Waals surface area contributed by atoms with E-state index in [0.717, 1.165) is 23.7 Å². The van der Waals surface area contributed by atoms with E-state index in [2.05, 4.69) is 16.0 Å². The molecule has 0 amide bonds. The highest BCUT2D eigenvalue weighted by molar-refractivity contribution is 7.22. The van der Waals surface area contributed by atoms with Gasteiger partial charge < -0.3 is 10.0 Å². The van der Waals surface area contributed by atoms with Crippen LogP contribution in [0.4, 0.5) is 5.13 Å². The lowest BCUT2D eigenvalue weighted by molar-refractivity contribution is -0.138. The maximum absolute atomic E-state index is 10.6. The number of hydrogen-bond donors (Lipinski definition) is 1. The summed E-state index contributed by atoms with van der Waals surface area (Å²) in [6.07, 6.45) is 0.265. The number of anilines is 1. The largest absolute Gasteiger partial charge is 0.481 e. The number of carboxylic acid groups (broad SMARTS) is 1. The topological polar surface area (TPSA) is 53.4 Å². The molecule has 1 aliphatic heterocycles. The quantitative estimate of drug-likeness (QED) is 0.904. The zero-order chi connectivity index (χ0) is 11.8. The lowest BCUT2D eigenvalue weighted by atomic mass is 9.97. The molecule has 1 N–H and O–H groups in total. The first-order valence-corrected chi connectivity index (χ1v) is 6.36. The Labute approximate surface area is 103 Å². The Hall–Kier alpha value is -1.62. The third-order valence-electron chi connectivity index (χ3n) is 2.97. The average Bonchev–Trinajstić information content (AvgIpc) is 2.65. The molecule has 0 saturated carbocycles. The van der Waals surface area contributed by atoms with Crippen LogP contribution >= 0.6 is 11.3 Å². The second-order valence-corrected chi connectivity index (χ2v) is 5.34. The summed E-state index contributed by atoms with van der Waals surface area (Å²) in [5.41, 5.74) is 1.02. The van der Waals surface area contributed by atoms with Crippen molar-refractivity contribution in [3.05, 3.63) is 24.3 Å². The summed E-state index contributed by atoms with van der Waals surface area (Å²) in [6, 6.07) is 8.05. The molecule has 2 heterocycles. The smallest absolute Gasteiger partial charge is 0.303 e. The van der Waals surface area contributed by atoms with Crippen molar-refractivity contribution in [3.63, 3.8) is 0 Å². The summed E-state index contributed by atoms with van der Waals surface area (Å²) in [4.78, 5) is 17.3. The van der Waals surface area contributed by atoms with E-state index in [1.54, 1.807) is 11.3 Å². The first-order valence-electron chi connectivity index (χ1n) is 5.54. The van der Waals surface area contributed by atoms with Gasteiger partial charge in [-0.1, -0.05) is 23.5 Å². The number of carbonyl (C=O) groups is 1. The van der Waals surface area contributed by atoms with Crippen molar-refractivity contribution in [1.29, 1.82) is 0 Å². The number of rotatable bonds is 3. The lowest BCUT2D eigenvalue weighted by Crippen LogP contribution is -2.47. The van der Waals surface area contributed by atoms with Crippen molar-refractivity contribution in [2.24, 2.45) is 5.92 Å². The number of hydrogen-bond acceptors (Lipinski definition) is 4. The van der Waals surface area contributed by atoms with Crippen molar-refractivity contribution in [2.75, 3.05) is 18.0 Å². The SMILES string of the molecule is O=C(O)CC1CN(c2nc3ccccc3s2)C1. The van der Waals surface area contributed by atoms with Crippen LogP contribution in [-0.2, 0) is 4.79 Å². The Morgan fingerprint density at radius 3 is 2.94 bits per heavy atom. The van der Waals surface area contributed by atoms with E-state index in [-0.39, 0.29) is 12.3 Å². The van der Waals surface area contributed by atoms with Gasteiger partial charge in [-0.3, -0.25) is 4.79 Å². The van der Waals surface area contributed by atoms with Crippen LogP contribution in [-0.4, -0.2) is 29.1 Å². The minimum absolute atomic E-state index is 0.265. The third kappa shape index (κ3) is 1.98. The van der Waals surface area contributed by atoms with Gasteiger partial charge >= 0.3 is 5.97 Å². The average molecular weight is 248 g/mol. The van der Waals surface area contributed by atoms with Gasteiger partial charge in [0.1, 0.15) is 0 Å². The Morgan fingerprint density at radius 1 is 1.47 bits per heavy atom. The highest BCUT2D eigenvalue weighted by Crippen LogP contribution is 2.33. The Balaban J connectivity index is 1.72. The summed E-state index contributed by atoms with van der Waals surface area (Å²) >= 11 is 1.67. The van der Waals surface area contributed by atoms with Gasteiger partial charge in [-0.15, -0.1) is 0 Å². The number of fused-ring (bicyclic) bond motifs is 1. The molecular weight excluding hydrogens is 236 g/mol. The molecule has 1 aliphatic rings. The molecule has 1 saturated heterocycles.